The summed E-state index contributed by atoms with van der Waals surface area (Å²) >= 11 is 0. The summed E-state index contributed by atoms with van der Waals surface area (Å²) in [7, 11) is 0. The van der Waals surface area contributed by atoms with Crippen LogP contribution in [0.5, 0.6) is 0 Å². The summed E-state index contributed by atoms with van der Waals surface area (Å²) in [6, 6.07) is 6.77. The van der Waals surface area contributed by atoms with Gasteiger partial charge in [0.1, 0.15) is 5.82 Å². The number of hydrogen-bond donors (Lipinski definition) is 0. The number of nitrogens with zero attached hydrogens (tertiary/aromatic N) is 1. The van der Waals surface area contributed by atoms with Crippen molar-refractivity contribution in [2.24, 2.45) is 0 Å². The van der Waals surface area contributed by atoms with Gasteiger partial charge in [-0.25, -0.2) is 4.39 Å². The van der Waals surface area contributed by atoms with Crippen molar-refractivity contribution in [3.63, 3.8) is 0 Å². The maximum absolute atomic E-state index is 12.6. The molecule has 0 aromatic heterocycles. The molecular formula is C10H11FNRe-. The van der Waals surface area contributed by atoms with Crippen molar-refractivity contribution in [1.29, 1.82) is 0 Å². The van der Waals surface area contributed by atoms with Crippen molar-refractivity contribution in [2.45, 2.75) is 12.3 Å². The van der Waals surface area contributed by atoms with Crippen molar-refractivity contribution in [3.8, 4) is 0 Å². The van der Waals surface area contributed by atoms with Crippen molar-refractivity contribution in [3.05, 3.63) is 41.0 Å². The van der Waals surface area contributed by atoms with Gasteiger partial charge < -0.3 is 5.32 Å². The van der Waals surface area contributed by atoms with Gasteiger partial charge in [0.25, 0.3) is 0 Å². The molecule has 1 fully saturated rings. The summed E-state index contributed by atoms with van der Waals surface area (Å²) in [5.41, 5.74) is 1.22. The van der Waals surface area contributed by atoms with E-state index in [1.54, 1.807) is 0 Å². The van der Waals surface area contributed by atoms with Crippen LogP contribution in [0.3, 0.4) is 0 Å². The van der Waals surface area contributed by atoms with E-state index in [0.717, 1.165) is 19.5 Å². The molecule has 1 atom stereocenters. The number of halogens is 1. The number of hydrogen-bond acceptors (Lipinski definition) is 0. The largest absolute Gasteiger partial charge is 0.662 e. The van der Waals surface area contributed by atoms with E-state index < -0.39 is 0 Å². The SMILES string of the molecule is Fc1ccc(C2CC[N-]C2)cc1.[Re]. The quantitative estimate of drug-likeness (QED) is 0.739. The minimum absolute atomic E-state index is 0. The molecule has 1 aromatic carbocycles. The molecule has 0 N–H and O–H groups in total. The molecule has 1 aromatic rings. The second-order valence-electron chi connectivity index (χ2n) is 3.17. The van der Waals surface area contributed by atoms with Crippen LogP contribution >= 0.6 is 0 Å². The average Bonchev–Trinajstić information content (AvgIpc) is 2.58. The third-order valence-corrected chi connectivity index (χ3v) is 2.33. The van der Waals surface area contributed by atoms with Gasteiger partial charge in [-0.1, -0.05) is 18.6 Å². The van der Waals surface area contributed by atoms with Gasteiger partial charge in [-0.15, -0.1) is 13.1 Å². The molecule has 1 aliphatic heterocycles. The van der Waals surface area contributed by atoms with Gasteiger partial charge in [-0.05, 0) is 23.6 Å². The normalized spacial score (nSPS) is 21.2. The molecule has 13 heavy (non-hydrogen) atoms. The first-order valence-electron chi connectivity index (χ1n) is 4.25. The molecule has 1 unspecified atom stereocenters. The van der Waals surface area contributed by atoms with Crippen LogP contribution in [-0.4, -0.2) is 13.1 Å². The van der Waals surface area contributed by atoms with Crippen LogP contribution < -0.4 is 0 Å². The summed E-state index contributed by atoms with van der Waals surface area (Å²) in [4.78, 5) is 0. The van der Waals surface area contributed by atoms with E-state index >= 15 is 0 Å². The van der Waals surface area contributed by atoms with Crippen LogP contribution in [0.25, 0.3) is 5.32 Å². The Kier molecular flexibility index (Phi) is 4.05. The van der Waals surface area contributed by atoms with Gasteiger partial charge in [-0.2, -0.15) is 0 Å². The van der Waals surface area contributed by atoms with E-state index in [0.29, 0.717) is 5.92 Å². The maximum atomic E-state index is 12.6. The fourth-order valence-electron chi connectivity index (χ4n) is 1.59. The second kappa shape index (κ2) is 4.86. The van der Waals surface area contributed by atoms with Crippen molar-refractivity contribution >= 4 is 0 Å². The molecule has 1 radical (unpaired) electrons. The second-order valence-corrected chi connectivity index (χ2v) is 3.17. The molecule has 0 spiro atoms. The first kappa shape index (κ1) is 10.9. The van der Waals surface area contributed by atoms with Crippen LogP contribution in [0.2, 0.25) is 0 Å². The van der Waals surface area contributed by atoms with Crippen molar-refractivity contribution < 1.29 is 24.8 Å². The van der Waals surface area contributed by atoms with Crippen LogP contribution in [0, 0.1) is 5.82 Å². The van der Waals surface area contributed by atoms with Crippen LogP contribution in [0.15, 0.2) is 24.3 Å². The van der Waals surface area contributed by atoms with Gasteiger partial charge in [-0.3, -0.25) is 0 Å². The Morgan fingerprint density at radius 3 is 2.46 bits per heavy atom. The van der Waals surface area contributed by atoms with E-state index in [9.17, 15) is 4.39 Å². The molecule has 1 heterocycles. The first-order valence-corrected chi connectivity index (χ1v) is 4.25. The van der Waals surface area contributed by atoms with Crippen LogP contribution in [-0.2, 0) is 20.4 Å². The third-order valence-electron chi connectivity index (χ3n) is 2.33. The number of benzene rings is 1. The van der Waals surface area contributed by atoms with Crippen LogP contribution in [0.1, 0.15) is 17.9 Å². The van der Waals surface area contributed by atoms with E-state index in [4.69, 9.17) is 0 Å². The van der Waals surface area contributed by atoms with E-state index in [2.05, 4.69) is 5.32 Å². The van der Waals surface area contributed by atoms with Crippen molar-refractivity contribution in [1.82, 2.24) is 0 Å². The summed E-state index contributed by atoms with van der Waals surface area (Å²) < 4.78 is 12.6. The maximum Gasteiger partial charge on any atom is 0.123 e. The van der Waals surface area contributed by atoms with Gasteiger partial charge in [0, 0.05) is 20.4 Å². The third kappa shape index (κ3) is 2.61. The molecule has 1 nitrogen and oxygen atoms in total. The van der Waals surface area contributed by atoms with E-state index in [1.165, 1.54) is 17.7 Å². The monoisotopic (exact) mass is 351 g/mol. The standard InChI is InChI=1S/C10H11FN.Re/c11-10-3-1-8(2-4-10)9-5-6-12-7-9;/h1-4,9H,5-7H2;/q-1;. The molecule has 2 rings (SSSR count). The van der Waals surface area contributed by atoms with Gasteiger partial charge in [0.2, 0.25) is 0 Å². The smallest absolute Gasteiger partial charge is 0.123 e. The first-order chi connectivity index (χ1) is 5.86. The summed E-state index contributed by atoms with van der Waals surface area (Å²) in [6.07, 6.45) is 1.12. The molecule has 1 aliphatic rings. The molecule has 0 aliphatic carbocycles. The Morgan fingerprint density at radius 2 is 1.92 bits per heavy atom. The number of rotatable bonds is 1. The summed E-state index contributed by atoms with van der Waals surface area (Å²) in [5, 5.41) is 4.27. The predicted octanol–water partition coefficient (Wildman–Crippen LogP) is 2.68. The fraction of sp³-hybridized carbons (Fsp3) is 0.400. The Balaban J connectivity index is 0.000000845. The minimum Gasteiger partial charge on any atom is -0.662 e. The Labute approximate surface area is 91.4 Å². The summed E-state index contributed by atoms with van der Waals surface area (Å²) in [6.45, 7) is 1.87. The van der Waals surface area contributed by atoms with Gasteiger partial charge in [0.15, 0.2) is 0 Å². The molecule has 0 bridgehead atoms. The molecule has 0 saturated carbocycles. The van der Waals surface area contributed by atoms with Crippen LogP contribution in [0.4, 0.5) is 4.39 Å². The van der Waals surface area contributed by atoms with E-state index in [1.807, 2.05) is 12.1 Å². The van der Waals surface area contributed by atoms with Gasteiger partial charge in [0.05, 0.1) is 0 Å². The zero-order valence-electron chi connectivity index (χ0n) is 7.21. The molecule has 0 amide bonds. The predicted molar refractivity (Wildman–Crippen MR) is 46.9 cm³/mol. The zero-order chi connectivity index (χ0) is 8.39. The molecule has 3 heteroatoms. The van der Waals surface area contributed by atoms with Gasteiger partial charge >= 0.3 is 0 Å². The minimum atomic E-state index is -0.159. The molecular weight excluding hydrogens is 339 g/mol. The van der Waals surface area contributed by atoms with E-state index in [-0.39, 0.29) is 26.2 Å². The molecule has 1 saturated heterocycles. The fourth-order valence-corrected chi connectivity index (χ4v) is 1.59. The Bertz CT molecular complexity index is 254. The van der Waals surface area contributed by atoms with Crippen molar-refractivity contribution in [2.75, 3.05) is 13.1 Å². The Morgan fingerprint density at radius 1 is 1.23 bits per heavy atom. The molecule has 71 valence electrons. The zero-order valence-corrected chi connectivity index (χ0v) is 9.93. The topological polar surface area (TPSA) is 14.1 Å². The Hall–Kier alpha value is -0.228. The summed E-state index contributed by atoms with van der Waals surface area (Å²) in [5.74, 6) is 0.374. The average molecular weight is 350 g/mol.